The minimum atomic E-state index is -0.279. The van der Waals surface area contributed by atoms with Gasteiger partial charge in [-0.3, -0.25) is 0 Å². The van der Waals surface area contributed by atoms with Gasteiger partial charge in [-0.1, -0.05) is 19.1 Å². The number of nitrogens with one attached hydrogen (secondary N) is 2. The van der Waals surface area contributed by atoms with Gasteiger partial charge in [0.1, 0.15) is 5.82 Å². The minimum Gasteiger partial charge on any atom is -0.493 e. The van der Waals surface area contributed by atoms with Crippen molar-refractivity contribution >= 4 is 6.03 Å². The largest absolute Gasteiger partial charge is 0.493 e. The number of carbonyl (C=O) groups excluding carboxylic acids is 1. The molecule has 6 heteroatoms. The van der Waals surface area contributed by atoms with Gasteiger partial charge in [-0.05, 0) is 67.1 Å². The number of halogens is 1. The lowest BCUT2D eigenvalue weighted by atomic mass is 10.1. The van der Waals surface area contributed by atoms with Crippen molar-refractivity contribution in [3.63, 3.8) is 0 Å². The first-order valence-corrected chi connectivity index (χ1v) is 9.68. The zero-order valence-electron chi connectivity index (χ0n) is 16.5. The van der Waals surface area contributed by atoms with Gasteiger partial charge in [-0.2, -0.15) is 0 Å². The molecular weight excluding hydrogens is 359 g/mol. The van der Waals surface area contributed by atoms with Crippen molar-refractivity contribution in [2.45, 2.75) is 45.2 Å². The maximum Gasteiger partial charge on any atom is 0.315 e. The van der Waals surface area contributed by atoms with Crippen LogP contribution < -0.4 is 20.1 Å². The normalized spacial score (nSPS) is 16.2. The van der Waals surface area contributed by atoms with Gasteiger partial charge in [0.05, 0.1) is 25.8 Å². The Morgan fingerprint density at radius 2 is 2.07 bits per heavy atom. The molecule has 150 valence electrons. The number of rotatable bonds is 7. The molecule has 2 aromatic rings. The molecule has 2 amide bonds. The Bertz CT molecular complexity index is 841. The first kappa shape index (κ1) is 20.0. The number of aryl methyl sites for hydroxylation is 1. The van der Waals surface area contributed by atoms with Crippen LogP contribution in [0.5, 0.6) is 11.5 Å². The Kier molecular flexibility index (Phi) is 6.39. The van der Waals surface area contributed by atoms with E-state index in [0.717, 1.165) is 36.0 Å². The molecule has 2 N–H and O–H groups in total. The van der Waals surface area contributed by atoms with Crippen LogP contribution in [0.2, 0.25) is 0 Å². The summed E-state index contributed by atoms with van der Waals surface area (Å²) in [5.74, 6) is 1.05. The highest BCUT2D eigenvalue weighted by Gasteiger charge is 2.25. The van der Waals surface area contributed by atoms with E-state index in [-0.39, 0.29) is 23.9 Å². The van der Waals surface area contributed by atoms with E-state index < -0.39 is 0 Å². The van der Waals surface area contributed by atoms with Crippen molar-refractivity contribution in [2.75, 3.05) is 13.7 Å². The molecule has 0 bridgehead atoms. The number of ether oxygens (including phenoxy) is 2. The molecule has 0 saturated carbocycles. The van der Waals surface area contributed by atoms with Gasteiger partial charge in [0.25, 0.3) is 0 Å². The Hall–Kier alpha value is -2.76. The van der Waals surface area contributed by atoms with E-state index in [1.807, 2.05) is 32.0 Å². The third-order valence-corrected chi connectivity index (χ3v) is 4.99. The summed E-state index contributed by atoms with van der Waals surface area (Å²) in [4.78, 5) is 12.5. The quantitative estimate of drug-likeness (QED) is 0.727. The average molecular weight is 386 g/mol. The van der Waals surface area contributed by atoms with Crippen molar-refractivity contribution in [3.8, 4) is 11.5 Å². The van der Waals surface area contributed by atoms with Crippen molar-refractivity contribution in [1.82, 2.24) is 10.6 Å². The van der Waals surface area contributed by atoms with Crippen LogP contribution in [0.3, 0.4) is 0 Å². The Morgan fingerprint density at radius 3 is 2.82 bits per heavy atom. The Labute approximate surface area is 165 Å². The van der Waals surface area contributed by atoms with Gasteiger partial charge in [-0.15, -0.1) is 0 Å². The molecule has 5 nitrogen and oxygen atoms in total. The van der Waals surface area contributed by atoms with Crippen LogP contribution in [0.4, 0.5) is 9.18 Å². The first-order chi connectivity index (χ1) is 13.5. The van der Waals surface area contributed by atoms with Gasteiger partial charge in [0, 0.05) is 0 Å². The van der Waals surface area contributed by atoms with Gasteiger partial charge < -0.3 is 20.1 Å². The molecule has 3 rings (SSSR count). The summed E-state index contributed by atoms with van der Waals surface area (Å²) in [6, 6.07) is 9.74. The monoisotopic (exact) mass is 386 g/mol. The van der Waals surface area contributed by atoms with Crippen LogP contribution in [0.1, 0.15) is 55.5 Å². The lowest BCUT2D eigenvalue weighted by Crippen LogP contribution is -2.38. The fourth-order valence-electron chi connectivity index (χ4n) is 3.49. The van der Waals surface area contributed by atoms with E-state index in [1.54, 1.807) is 13.2 Å². The van der Waals surface area contributed by atoms with E-state index in [9.17, 15) is 9.18 Å². The molecule has 0 spiro atoms. The second-order valence-corrected chi connectivity index (χ2v) is 7.03. The number of amides is 2. The molecule has 0 fully saturated rings. The number of carbonyl (C=O) groups is 1. The van der Waals surface area contributed by atoms with Crippen LogP contribution in [0.25, 0.3) is 0 Å². The summed E-state index contributed by atoms with van der Waals surface area (Å²) in [6.07, 6.45) is 2.53. The second-order valence-electron chi connectivity index (χ2n) is 7.03. The van der Waals surface area contributed by atoms with E-state index >= 15 is 0 Å². The fourth-order valence-corrected chi connectivity index (χ4v) is 3.49. The molecule has 0 radical (unpaired) electrons. The van der Waals surface area contributed by atoms with E-state index in [2.05, 4.69) is 10.6 Å². The average Bonchev–Trinajstić information content (AvgIpc) is 3.07. The molecule has 0 aliphatic heterocycles. The summed E-state index contributed by atoms with van der Waals surface area (Å²) in [5.41, 5.74) is 2.86. The van der Waals surface area contributed by atoms with Crippen molar-refractivity contribution < 1.29 is 18.7 Å². The molecule has 0 saturated heterocycles. The predicted octanol–water partition coefficient (Wildman–Crippen LogP) is 4.67. The van der Waals surface area contributed by atoms with Gasteiger partial charge >= 0.3 is 6.03 Å². The third kappa shape index (κ3) is 4.55. The highest BCUT2D eigenvalue weighted by Crippen LogP contribution is 2.32. The van der Waals surface area contributed by atoms with Crippen LogP contribution in [-0.4, -0.2) is 19.7 Å². The summed E-state index contributed by atoms with van der Waals surface area (Å²) < 4.78 is 24.6. The van der Waals surface area contributed by atoms with E-state index in [0.29, 0.717) is 18.1 Å². The number of urea groups is 1. The molecule has 1 aliphatic rings. The maximum absolute atomic E-state index is 13.5. The molecule has 2 atom stereocenters. The highest BCUT2D eigenvalue weighted by molar-refractivity contribution is 5.75. The summed E-state index contributed by atoms with van der Waals surface area (Å²) >= 11 is 0. The summed E-state index contributed by atoms with van der Waals surface area (Å²) in [6.45, 7) is 4.57. The van der Waals surface area contributed by atoms with Crippen LogP contribution in [0.15, 0.2) is 36.4 Å². The minimum absolute atomic E-state index is 0.169. The fraction of sp³-hybridized carbons (Fsp3) is 0.409. The van der Waals surface area contributed by atoms with Crippen LogP contribution in [-0.2, 0) is 6.42 Å². The van der Waals surface area contributed by atoms with Crippen molar-refractivity contribution in [1.29, 1.82) is 0 Å². The first-order valence-electron chi connectivity index (χ1n) is 9.68. The SMILES string of the molecule is CCCOc1ccc(C(C)NC(=O)NC2CCc3ccc(F)cc32)cc1OC. The Morgan fingerprint density at radius 1 is 1.25 bits per heavy atom. The predicted molar refractivity (Wildman–Crippen MR) is 106 cm³/mol. The van der Waals surface area contributed by atoms with Crippen molar-refractivity contribution in [3.05, 3.63) is 58.9 Å². The number of benzene rings is 2. The molecule has 1 aliphatic carbocycles. The number of methoxy groups -OCH3 is 1. The zero-order valence-corrected chi connectivity index (χ0v) is 16.5. The third-order valence-electron chi connectivity index (χ3n) is 4.99. The smallest absolute Gasteiger partial charge is 0.315 e. The topological polar surface area (TPSA) is 59.6 Å². The summed E-state index contributed by atoms with van der Waals surface area (Å²) in [7, 11) is 1.60. The molecule has 2 unspecified atom stereocenters. The van der Waals surface area contributed by atoms with Gasteiger partial charge in [0.2, 0.25) is 0 Å². The van der Waals surface area contributed by atoms with Gasteiger partial charge in [0.15, 0.2) is 11.5 Å². The molecule has 0 aromatic heterocycles. The maximum atomic E-state index is 13.5. The van der Waals surface area contributed by atoms with Crippen molar-refractivity contribution in [2.24, 2.45) is 0 Å². The lowest BCUT2D eigenvalue weighted by Gasteiger charge is -2.20. The Balaban J connectivity index is 1.63. The number of hydrogen-bond donors (Lipinski definition) is 2. The van der Waals surface area contributed by atoms with Crippen LogP contribution in [0, 0.1) is 5.82 Å². The van der Waals surface area contributed by atoms with Gasteiger partial charge in [-0.25, -0.2) is 9.18 Å². The zero-order chi connectivity index (χ0) is 20.1. The molecule has 2 aromatic carbocycles. The molecular formula is C22H27FN2O3. The standard InChI is InChI=1S/C22H27FN2O3/c1-4-11-28-20-10-7-16(12-21(20)27-3)14(2)24-22(26)25-19-9-6-15-5-8-17(23)13-18(15)19/h5,7-8,10,12-14,19H,4,6,9,11H2,1-3H3,(H2,24,25,26). The van der Waals surface area contributed by atoms with E-state index in [4.69, 9.17) is 9.47 Å². The van der Waals surface area contributed by atoms with E-state index in [1.165, 1.54) is 12.1 Å². The molecule has 0 heterocycles. The van der Waals surface area contributed by atoms with Crippen LogP contribution >= 0.6 is 0 Å². The number of hydrogen-bond acceptors (Lipinski definition) is 3. The molecule has 28 heavy (non-hydrogen) atoms. The summed E-state index contributed by atoms with van der Waals surface area (Å²) in [5, 5.41) is 5.90. The number of fused-ring (bicyclic) bond motifs is 1. The lowest BCUT2D eigenvalue weighted by molar-refractivity contribution is 0.234. The highest BCUT2D eigenvalue weighted by atomic mass is 19.1. The second kappa shape index (κ2) is 8.95.